The van der Waals surface area contributed by atoms with Gasteiger partial charge in [0.1, 0.15) is 0 Å². The molecule has 0 bridgehead atoms. The number of hydrogen-bond donors (Lipinski definition) is 1. The SMILES string of the molecule is CS(=O)(=O)NC(=O)CCc1ccc(C(F)(F)F)cc1. The van der Waals surface area contributed by atoms with E-state index < -0.39 is 27.7 Å². The van der Waals surface area contributed by atoms with Crippen molar-refractivity contribution < 1.29 is 26.4 Å². The Bertz CT molecular complexity index is 550. The summed E-state index contributed by atoms with van der Waals surface area (Å²) in [6.45, 7) is 0. The highest BCUT2D eigenvalue weighted by atomic mass is 32.2. The number of alkyl halides is 3. The number of sulfonamides is 1. The molecule has 1 aromatic rings. The second-order valence-electron chi connectivity index (χ2n) is 3.99. The minimum Gasteiger partial charge on any atom is -0.274 e. The highest BCUT2D eigenvalue weighted by molar-refractivity contribution is 7.89. The predicted octanol–water partition coefficient (Wildman–Crippen LogP) is 1.71. The molecule has 1 aromatic carbocycles. The van der Waals surface area contributed by atoms with Crippen LogP contribution in [0.3, 0.4) is 0 Å². The third kappa shape index (κ3) is 5.73. The van der Waals surface area contributed by atoms with E-state index in [-0.39, 0.29) is 12.8 Å². The Hall–Kier alpha value is -1.57. The first-order valence-corrected chi connectivity index (χ1v) is 7.14. The van der Waals surface area contributed by atoms with Crippen molar-refractivity contribution in [1.82, 2.24) is 4.72 Å². The van der Waals surface area contributed by atoms with Gasteiger partial charge in [-0.25, -0.2) is 8.42 Å². The van der Waals surface area contributed by atoms with Crippen molar-refractivity contribution in [2.24, 2.45) is 0 Å². The fraction of sp³-hybridized carbons (Fsp3) is 0.364. The minimum atomic E-state index is -4.40. The van der Waals surface area contributed by atoms with Crippen molar-refractivity contribution >= 4 is 15.9 Å². The summed E-state index contributed by atoms with van der Waals surface area (Å²) in [5.41, 5.74) is -0.242. The van der Waals surface area contributed by atoms with Crippen molar-refractivity contribution in [1.29, 1.82) is 0 Å². The first-order valence-electron chi connectivity index (χ1n) is 5.25. The number of carbonyl (C=O) groups excluding carboxylic acids is 1. The van der Waals surface area contributed by atoms with E-state index in [1.54, 1.807) is 4.72 Å². The molecule has 1 rings (SSSR count). The lowest BCUT2D eigenvalue weighted by Gasteiger charge is -2.07. The molecule has 0 aliphatic carbocycles. The van der Waals surface area contributed by atoms with Gasteiger partial charge in [0.2, 0.25) is 15.9 Å². The van der Waals surface area contributed by atoms with Gasteiger partial charge in [-0.3, -0.25) is 9.52 Å². The van der Waals surface area contributed by atoms with Gasteiger partial charge in [0, 0.05) is 6.42 Å². The normalized spacial score (nSPS) is 12.2. The molecule has 0 fully saturated rings. The zero-order chi connectivity index (χ0) is 14.7. The predicted molar refractivity (Wildman–Crippen MR) is 62.8 cm³/mol. The Morgan fingerprint density at radius 2 is 1.74 bits per heavy atom. The Labute approximate surface area is 108 Å². The van der Waals surface area contributed by atoms with E-state index >= 15 is 0 Å². The van der Waals surface area contributed by atoms with Crippen LogP contribution in [0.1, 0.15) is 17.5 Å². The second-order valence-corrected chi connectivity index (χ2v) is 5.74. The Balaban J connectivity index is 2.58. The first-order chi connectivity index (χ1) is 8.58. The number of nitrogens with one attached hydrogen (secondary N) is 1. The largest absolute Gasteiger partial charge is 0.416 e. The molecule has 4 nitrogen and oxygen atoms in total. The summed E-state index contributed by atoms with van der Waals surface area (Å²) in [4.78, 5) is 11.2. The number of benzene rings is 1. The fourth-order valence-corrected chi connectivity index (χ4v) is 1.89. The van der Waals surface area contributed by atoms with Crippen molar-refractivity contribution in [2.75, 3.05) is 6.26 Å². The van der Waals surface area contributed by atoms with Crippen molar-refractivity contribution in [2.45, 2.75) is 19.0 Å². The second kappa shape index (κ2) is 5.60. The van der Waals surface area contributed by atoms with Crippen molar-refractivity contribution in [3.8, 4) is 0 Å². The first kappa shape index (κ1) is 15.5. The number of halogens is 3. The number of amides is 1. The fourth-order valence-electron chi connectivity index (χ4n) is 1.38. The molecule has 0 radical (unpaired) electrons. The summed E-state index contributed by atoms with van der Waals surface area (Å²) >= 11 is 0. The van der Waals surface area contributed by atoms with Gasteiger partial charge < -0.3 is 0 Å². The quantitative estimate of drug-likeness (QED) is 0.920. The van der Waals surface area contributed by atoms with Gasteiger partial charge in [0.25, 0.3) is 0 Å². The molecule has 1 amide bonds. The third-order valence-electron chi connectivity index (χ3n) is 2.22. The summed E-state index contributed by atoms with van der Waals surface area (Å²) in [7, 11) is -3.60. The molecular formula is C11H12F3NO3S. The smallest absolute Gasteiger partial charge is 0.274 e. The lowest BCUT2D eigenvalue weighted by Crippen LogP contribution is -2.29. The molecule has 0 unspecified atom stereocenters. The highest BCUT2D eigenvalue weighted by Gasteiger charge is 2.29. The minimum absolute atomic E-state index is 0.113. The van der Waals surface area contributed by atoms with Crippen LogP contribution in [0.5, 0.6) is 0 Å². The average molecular weight is 295 g/mol. The van der Waals surface area contributed by atoms with Gasteiger partial charge in [-0.15, -0.1) is 0 Å². The molecule has 0 saturated heterocycles. The van der Waals surface area contributed by atoms with Crippen LogP contribution in [-0.2, 0) is 27.4 Å². The molecule has 0 heterocycles. The molecule has 0 aromatic heterocycles. The topological polar surface area (TPSA) is 63.2 Å². The molecule has 0 saturated carbocycles. The van der Waals surface area contributed by atoms with Gasteiger partial charge in [0.15, 0.2) is 0 Å². The molecule has 0 aliphatic rings. The highest BCUT2D eigenvalue weighted by Crippen LogP contribution is 2.29. The molecule has 8 heteroatoms. The molecule has 106 valence electrons. The summed E-state index contributed by atoms with van der Waals surface area (Å²) in [5, 5.41) is 0. The van der Waals surface area contributed by atoms with Crippen LogP contribution < -0.4 is 4.72 Å². The van der Waals surface area contributed by atoms with E-state index in [2.05, 4.69) is 0 Å². The lowest BCUT2D eigenvalue weighted by atomic mass is 10.1. The van der Waals surface area contributed by atoms with Crippen LogP contribution in [0.25, 0.3) is 0 Å². The van der Waals surface area contributed by atoms with Crippen LogP contribution in [-0.4, -0.2) is 20.6 Å². The van der Waals surface area contributed by atoms with E-state index in [4.69, 9.17) is 0 Å². The van der Waals surface area contributed by atoms with Gasteiger partial charge >= 0.3 is 6.18 Å². The average Bonchev–Trinajstić information content (AvgIpc) is 2.23. The summed E-state index contributed by atoms with van der Waals surface area (Å²) in [5.74, 6) is -0.692. The number of aryl methyl sites for hydroxylation is 1. The van der Waals surface area contributed by atoms with Crippen LogP contribution in [0, 0.1) is 0 Å². The third-order valence-corrected chi connectivity index (χ3v) is 2.82. The maximum absolute atomic E-state index is 12.3. The number of hydrogen-bond acceptors (Lipinski definition) is 3. The van der Waals surface area contributed by atoms with Crippen LogP contribution in [0.2, 0.25) is 0 Å². The Morgan fingerprint density at radius 3 is 2.16 bits per heavy atom. The standard InChI is InChI=1S/C11H12F3NO3S/c1-19(17,18)15-10(16)7-4-8-2-5-9(6-3-8)11(12,13)14/h2-3,5-6H,4,7H2,1H3,(H,15,16). The summed E-state index contributed by atoms with van der Waals surface area (Å²) < 4.78 is 60.1. The molecular weight excluding hydrogens is 283 g/mol. The van der Waals surface area contributed by atoms with Crippen molar-refractivity contribution in [3.63, 3.8) is 0 Å². The zero-order valence-electron chi connectivity index (χ0n) is 9.99. The molecule has 0 atom stereocenters. The number of carbonyl (C=O) groups is 1. The molecule has 0 spiro atoms. The maximum Gasteiger partial charge on any atom is 0.416 e. The molecule has 0 aliphatic heterocycles. The van der Waals surface area contributed by atoms with E-state index in [9.17, 15) is 26.4 Å². The Morgan fingerprint density at radius 1 is 1.21 bits per heavy atom. The molecule has 19 heavy (non-hydrogen) atoms. The molecule has 1 N–H and O–H groups in total. The lowest BCUT2D eigenvalue weighted by molar-refractivity contribution is -0.137. The van der Waals surface area contributed by atoms with Gasteiger partial charge in [-0.1, -0.05) is 12.1 Å². The maximum atomic E-state index is 12.3. The van der Waals surface area contributed by atoms with Crippen LogP contribution in [0.15, 0.2) is 24.3 Å². The van der Waals surface area contributed by atoms with E-state index in [1.807, 2.05) is 0 Å². The Kier molecular flexibility index (Phi) is 4.56. The van der Waals surface area contributed by atoms with Gasteiger partial charge in [0.05, 0.1) is 11.8 Å². The summed E-state index contributed by atoms with van der Waals surface area (Å²) in [6, 6.07) is 4.36. The van der Waals surface area contributed by atoms with Crippen molar-refractivity contribution in [3.05, 3.63) is 35.4 Å². The van der Waals surface area contributed by atoms with E-state index in [0.29, 0.717) is 5.56 Å². The monoisotopic (exact) mass is 295 g/mol. The van der Waals surface area contributed by atoms with Crippen LogP contribution >= 0.6 is 0 Å². The summed E-state index contributed by atoms with van der Waals surface area (Å²) in [6.07, 6.45) is -3.49. The number of rotatable bonds is 4. The van der Waals surface area contributed by atoms with Gasteiger partial charge in [-0.2, -0.15) is 13.2 Å². The zero-order valence-corrected chi connectivity index (χ0v) is 10.8. The van der Waals surface area contributed by atoms with E-state index in [1.165, 1.54) is 12.1 Å². The van der Waals surface area contributed by atoms with Crippen LogP contribution in [0.4, 0.5) is 13.2 Å². The van der Waals surface area contributed by atoms with Gasteiger partial charge in [-0.05, 0) is 24.1 Å². The van der Waals surface area contributed by atoms with E-state index in [0.717, 1.165) is 18.4 Å².